The first-order valence-corrected chi connectivity index (χ1v) is 6.22. The van der Waals surface area contributed by atoms with Crippen LogP contribution < -0.4 is 0 Å². The molecular formula is C15H13ClF2O. The lowest BCUT2D eigenvalue weighted by Gasteiger charge is -2.13. The summed E-state index contributed by atoms with van der Waals surface area (Å²) in [5.74, 6) is -0.859. The molecule has 0 spiro atoms. The van der Waals surface area contributed by atoms with E-state index in [0.717, 1.165) is 5.56 Å². The van der Waals surface area contributed by atoms with Gasteiger partial charge in [0.25, 0.3) is 0 Å². The maximum absolute atomic E-state index is 13.2. The molecule has 0 bridgehead atoms. The lowest BCUT2D eigenvalue weighted by Crippen LogP contribution is -2.04. The fourth-order valence-corrected chi connectivity index (χ4v) is 2.18. The second-order valence-corrected chi connectivity index (χ2v) is 4.93. The molecule has 0 heterocycles. The summed E-state index contributed by atoms with van der Waals surface area (Å²) < 4.78 is 26.4. The average Bonchev–Trinajstić information content (AvgIpc) is 2.32. The highest BCUT2D eigenvalue weighted by atomic mass is 35.5. The van der Waals surface area contributed by atoms with Gasteiger partial charge < -0.3 is 5.11 Å². The summed E-state index contributed by atoms with van der Waals surface area (Å²) in [5.41, 5.74) is 1.95. The summed E-state index contributed by atoms with van der Waals surface area (Å²) in [6.07, 6.45) is -0.711. The van der Waals surface area contributed by atoms with E-state index < -0.39 is 11.9 Å². The predicted molar refractivity (Wildman–Crippen MR) is 71.2 cm³/mol. The number of hydrogen-bond acceptors (Lipinski definition) is 1. The van der Waals surface area contributed by atoms with E-state index in [4.69, 9.17) is 11.6 Å². The summed E-state index contributed by atoms with van der Waals surface area (Å²) in [6.45, 7) is 1.83. The van der Waals surface area contributed by atoms with Crippen LogP contribution >= 0.6 is 11.6 Å². The molecule has 1 unspecified atom stereocenters. The van der Waals surface area contributed by atoms with E-state index in [1.165, 1.54) is 30.3 Å². The van der Waals surface area contributed by atoms with E-state index in [-0.39, 0.29) is 17.3 Å². The van der Waals surface area contributed by atoms with Crippen LogP contribution in [0.1, 0.15) is 22.8 Å². The number of halogens is 3. The van der Waals surface area contributed by atoms with Gasteiger partial charge in [-0.2, -0.15) is 0 Å². The summed E-state index contributed by atoms with van der Waals surface area (Å²) >= 11 is 5.74. The van der Waals surface area contributed by atoms with Gasteiger partial charge in [0, 0.05) is 11.4 Å². The molecule has 0 fully saturated rings. The Balaban J connectivity index is 2.25. The smallest absolute Gasteiger partial charge is 0.125 e. The first kappa shape index (κ1) is 14.0. The third-order valence-corrected chi connectivity index (χ3v) is 3.21. The molecule has 19 heavy (non-hydrogen) atoms. The lowest BCUT2D eigenvalue weighted by molar-refractivity contribution is 0.177. The van der Waals surface area contributed by atoms with Gasteiger partial charge in [-0.3, -0.25) is 0 Å². The van der Waals surface area contributed by atoms with Crippen LogP contribution in [0.2, 0.25) is 5.02 Å². The van der Waals surface area contributed by atoms with Crippen LogP contribution in [0.3, 0.4) is 0 Å². The fourth-order valence-electron chi connectivity index (χ4n) is 1.95. The van der Waals surface area contributed by atoms with Crippen molar-refractivity contribution in [2.24, 2.45) is 0 Å². The highest BCUT2D eigenvalue weighted by Gasteiger charge is 2.12. The maximum atomic E-state index is 13.2. The van der Waals surface area contributed by atoms with Crippen molar-refractivity contribution < 1.29 is 13.9 Å². The minimum Gasteiger partial charge on any atom is -0.388 e. The van der Waals surface area contributed by atoms with Crippen LogP contribution in [0, 0.1) is 18.6 Å². The van der Waals surface area contributed by atoms with E-state index >= 15 is 0 Å². The van der Waals surface area contributed by atoms with Crippen LogP contribution in [0.15, 0.2) is 36.4 Å². The van der Waals surface area contributed by atoms with Crippen molar-refractivity contribution in [1.82, 2.24) is 0 Å². The first-order valence-electron chi connectivity index (χ1n) is 5.85. The molecule has 1 N–H and O–H groups in total. The summed E-state index contributed by atoms with van der Waals surface area (Å²) in [6, 6.07) is 8.29. The van der Waals surface area contributed by atoms with Crippen molar-refractivity contribution in [2.45, 2.75) is 19.4 Å². The van der Waals surface area contributed by atoms with Crippen LogP contribution in [-0.4, -0.2) is 5.11 Å². The Bertz CT molecular complexity index is 578. The van der Waals surface area contributed by atoms with Crippen molar-refractivity contribution in [3.05, 3.63) is 69.7 Å². The van der Waals surface area contributed by atoms with Gasteiger partial charge >= 0.3 is 0 Å². The van der Waals surface area contributed by atoms with Crippen molar-refractivity contribution in [2.75, 3.05) is 0 Å². The summed E-state index contributed by atoms with van der Waals surface area (Å²) in [7, 11) is 0. The molecule has 0 aliphatic rings. The topological polar surface area (TPSA) is 20.2 Å². The first-order chi connectivity index (χ1) is 8.95. The van der Waals surface area contributed by atoms with Gasteiger partial charge in [0.15, 0.2) is 0 Å². The minimum absolute atomic E-state index is 0.212. The third-order valence-electron chi connectivity index (χ3n) is 2.99. The quantitative estimate of drug-likeness (QED) is 0.894. The second kappa shape index (κ2) is 5.68. The van der Waals surface area contributed by atoms with Gasteiger partial charge in [0.05, 0.1) is 6.10 Å². The second-order valence-electron chi connectivity index (χ2n) is 4.49. The predicted octanol–water partition coefficient (Wildman–Crippen LogP) is 4.20. The van der Waals surface area contributed by atoms with Gasteiger partial charge in [-0.25, -0.2) is 8.78 Å². The highest BCUT2D eigenvalue weighted by molar-refractivity contribution is 6.30. The molecular weight excluding hydrogens is 270 g/mol. The Labute approximate surface area is 115 Å². The van der Waals surface area contributed by atoms with Gasteiger partial charge in [-0.15, -0.1) is 0 Å². The number of aliphatic hydroxyl groups is 1. The van der Waals surface area contributed by atoms with Crippen LogP contribution in [0.4, 0.5) is 8.78 Å². The zero-order valence-electron chi connectivity index (χ0n) is 10.3. The number of hydrogen-bond donors (Lipinski definition) is 1. The number of rotatable bonds is 3. The SMILES string of the molecule is Cc1ccc(F)cc1CC(O)c1cc(F)cc(Cl)c1. The monoisotopic (exact) mass is 282 g/mol. The van der Waals surface area contributed by atoms with Crippen molar-refractivity contribution in [1.29, 1.82) is 0 Å². The highest BCUT2D eigenvalue weighted by Crippen LogP contribution is 2.24. The van der Waals surface area contributed by atoms with E-state index in [1.807, 2.05) is 6.92 Å². The van der Waals surface area contributed by atoms with Gasteiger partial charge in [-0.05, 0) is 53.9 Å². The largest absolute Gasteiger partial charge is 0.388 e. The maximum Gasteiger partial charge on any atom is 0.125 e. The van der Waals surface area contributed by atoms with Crippen molar-refractivity contribution in [3.8, 4) is 0 Å². The normalized spacial score (nSPS) is 12.5. The molecule has 0 aromatic heterocycles. The van der Waals surface area contributed by atoms with E-state index in [2.05, 4.69) is 0 Å². The fraction of sp³-hybridized carbons (Fsp3) is 0.200. The van der Waals surface area contributed by atoms with Crippen molar-refractivity contribution >= 4 is 11.6 Å². The molecule has 1 nitrogen and oxygen atoms in total. The Kier molecular flexibility index (Phi) is 4.17. The van der Waals surface area contributed by atoms with Gasteiger partial charge in [0.1, 0.15) is 11.6 Å². The van der Waals surface area contributed by atoms with E-state index in [0.29, 0.717) is 11.1 Å². The standard InChI is InChI=1S/C15H13ClF2O/c1-9-2-3-13(17)5-10(9)7-15(19)11-4-12(16)8-14(18)6-11/h2-6,8,15,19H,7H2,1H3. The number of aliphatic hydroxyl groups excluding tert-OH is 1. The Hall–Kier alpha value is -1.45. The van der Waals surface area contributed by atoms with Crippen LogP contribution in [-0.2, 0) is 6.42 Å². The molecule has 4 heteroatoms. The molecule has 100 valence electrons. The summed E-state index contributed by atoms with van der Waals surface area (Å²) in [5, 5.41) is 10.3. The van der Waals surface area contributed by atoms with E-state index in [9.17, 15) is 13.9 Å². The molecule has 0 saturated heterocycles. The molecule has 2 rings (SSSR count). The Morgan fingerprint density at radius 2 is 1.84 bits per heavy atom. The van der Waals surface area contributed by atoms with Crippen LogP contribution in [0.25, 0.3) is 0 Å². The molecule has 2 aromatic carbocycles. The number of benzene rings is 2. The lowest BCUT2D eigenvalue weighted by atomic mass is 9.98. The van der Waals surface area contributed by atoms with E-state index in [1.54, 1.807) is 6.07 Å². The molecule has 0 radical (unpaired) electrons. The van der Waals surface area contributed by atoms with Crippen LogP contribution in [0.5, 0.6) is 0 Å². The molecule has 0 aliphatic carbocycles. The third kappa shape index (κ3) is 3.52. The molecule has 0 saturated carbocycles. The minimum atomic E-state index is -0.923. The van der Waals surface area contributed by atoms with Gasteiger partial charge in [0.2, 0.25) is 0 Å². The Morgan fingerprint density at radius 3 is 2.53 bits per heavy atom. The molecule has 0 amide bonds. The van der Waals surface area contributed by atoms with Gasteiger partial charge in [-0.1, -0.05) is 17.7 Å². The zero-order valence-corrected chi connectivity index (χ0v) is 11.1. The number of aryl methyl sites for hydroxylation is 1. The Morgan fingerprint density at radius 1 is 1.11 bits per heavy atom. The molecule has 1 atom stereocenters. The average molecular weight is 283 g/mol. The molecule has 0 aliphatic heterocycles. The zero-order chi connectivity index (χ0) is 14.0. The van der Waals surface area contributed by atoms with Crippen molar-refractivity contribution in [3.63, 3.8) is 0 Å². The summed E-state index contributed by atoms with van der Waals surface area (Å²) in [4.78, 5) is 0. The molecule has 2 aromatic rings.